The molecule has 2 aromatic heterocycles. The molecule has 0 saturated carbocycles. The minimum Gasteiger partial charge on any atom is -0.494 e. The van der Waals surface area contributed by atoms with Gasteiger partial charge in [0.2, 0.25) is 0 Å². The zero-order chi connectivity index (χ0) is 30.6. The van der Waals surface area contributed by atoms with Crippen molar-refractivity contribution in [3.63, 3.8) is 0 Å². The number of hydrogen-bond donors (Lipinski definition) is 0. The highest BCUT2D eigenvalue weighted by Crippen LogP contribution is 2.31. The fourth-order valence-corrected chi connectivity index (χ4v) is 6.19. The van der Waals surface area contributed by atoms with Crippen LogP contribution >= 0.6 is 11.3 Å². The Morgan fingerprint density at radius 2 is 1.73 bits per heavy atom. The van der Waals surface area contributed by atoms with Crippen LogP contribution in [-0.4, -0.2) is 81.2 Å². The third-order valence-corrected chi connectivity index (χ3v) is 8.76. The van der Waals surface area contributed by atoms with Gasteiger partial charge in [0.05, 0.1) is 25.3 Å². The first-order chi connectivity index (χ1) is 21.6. The zero-order valence-electron chi connectivity index (χ0n) is 25.6. The molecule has 1 aliphatic rings. The third kappa shape index (κ3) is 8.81. The molecule has 5 rings (SSSR count). The van der Waals surface area contributed by atoms with Crippen LogP contribution in [0, 0.1) is 0 Å². The molecule has 0 radical (unpaired) electrons. The van der Waals surface area contributed by atoms with Crippen LogP contribution in [0.4, 0.5) is 5.69 Å². The number of aromatic nitrogens is 1. The summed E-state index contributed by atoms with van der Waals surface area (Å²) in [6.07, 6.45) is 4.07. The van der Waals surface area contributed by atoms with Gasteiger partial charge in [-0.05, 0) is 73.0 Å². The maximum Gasteiger partial charge on any atom is 0.333 e. The molecule has 0 amide bonds. The number of unbranched alkanes of at least 4 members (excludes halogenated alkanes) is 2. The maximum atomic E-state index is 12.6. The first-order valence-electron chi connectivity index (χ1n) is 15.6. The van der Waals surface area contributed by atoms with Gasteiger partial charge >= 0.3 is 5.97 Å². The van der Waals surface area contributed by atoms with Gasteiger partial charge in [-0.3, -0.25) is 14.3 Å². The summed E-state index contributed by atoms with van der Waals surface area (Å²) >= 11 is 1.80. The van der Waals surface area contributed by atoms with E-state index in [-0.39, 0.29) is 18.9 Å². The summed E-state index contributed by atoms with van der Waals surface area (Å²) in [5.41, 5.74) is 1.76. The van der Waals surface area contributed by atoms with Gasteiger partial charge in [0.1, 0.15) is 12.4 Å². The first kappa shape index (κ1) is 32.0. The number of nitrogens with zero attached hydrogens (tertiary/aromatic N) is 3. The van der Waals surface area contributed by atoms with E-state index in [1.807, 2.05) is 18.2 Å². The SMILES string of the molecule is CCCCOCCOCC(=O)OCn1c(=O)ccc2ccc(OCCCCN3CCN(c4cccc5sccc45)CC3)cc21. The fraction of sp³-hybridized carbons (Fsp3) is 0.471. The topological polar surface area (TPSA) is 82.5 Å². The normalized spacial score (nSPS) is 14.0. The molecule has 0 unspecified atom stereocenters. The molecule has 0 bridgehead atoms. The lowest BCUT2D eigenvalue weighted by molar-refractivity contribution is -0.153. The summed E-state index contributed by atoms with van der Waals surface area (Å²) in [6.45, 7) is 9.02. The molecule has 4 aromatic rings. The highest BCUT2D eigenvalue weighted by molar-refractivity contribution is 7.17. The Labute approximate surface area is 262 Å². The largest absolute Gasteiger partial charge is 0.494 e. The molecule has 236 valence electrons. The van der Waals surface area contributed by atoms with Crippen molar-refractivity contribution in [1.82, 2.24) is 9.47 Å². The number of hydrogen-bond acceptors (Lipinski definition) is 9. The second-order valence-corrected chi connectivity index (χ2v) is 11.9. The molecule has 1 fully saturated rings. The van der Waals surface area contributed by atoms with E-state index in [9.17, 15) is 9.59 Å². The van der Waals surface area contributed by atoms with Crippen LogP contribution in [0.5, 0.6) is 5.75 Å². The summed E-state index contributed by atoms with van der Waals surface area (Å²) in [5.74, 6) is 0.155. The van der Waals surface area contributed by atoms with E-state index in [1.165, 1.54) is 26.4 Å². The summed E-state index contributed by atoms with van der Waals surface area (Å²) in [4.78, 5) is 29.8. The van der Waals surface area contributed by atoms with Crippen LogP contribution in [0.15, 0.2) is 64.8 Å². The fourth-order valence-electron chi connectivity index (χ4n) is 5.38. The highest BCUT2D eigenvalue weighted by atomic mass is 32.1. The maximum absolute atomic E-state index is 12.6. The lowest BCUT2D eigenvalue weighted by Crippen LogP contribution is -2.46. The van der Waals surface area contributed by atoms with Crippen LogP contribution in [-0.2, 0) is 25.7 Å². The van der Waals surface area contributed by atoms with Crippen molar-refractivity contribution in [2.24, 2.45) is 0 Å². The van der Waals surface area contributed by atoms with Crippen molar-refractivity contribution in [3.8, 4) is 5.75 Å². The van der Waals surface area contributed by atoms with E-state index < -0.39 is 5.97 Å². The predicted molar refractivity (Wildman–Crippen MR) is 176 cm³/mol. The second kappa shape index (κ2) is 16.6. The molecule has 10 heteroatoms. The van der Waals surface area contributed by atoms with E-state index in [0.29, 0.717) is 37.7 Å². The van der Waals surface area contributed by atoms with Crippen LogP contribution < -0.4 is 15.2 Å². The Hall–Kier alpha value is -3.44. The molecule has 1 aliphatic heterocycles. The van der Waals surface area contributed by atoms with Gasteiger partial charge in [-0.15, -0.1) is 11.3 Å². The number of anilines is 1. The van der Waals surface area contributed by atoms with Crippen molar-refractivity contribution in [3.05, 3.63) is 70.3 Å². The minimum absolute atomic E-state index is 0.188. The summed E-state index contributed by atoms with van der Waals surface area (Å²) in [6, 6.07) is 17.7. The molecule has 0 N–H and O–H groups in total. The first-order valence-corrected chi connectivity index (χ1v) is 16.5. The zero-order valence-corrected chi connectivity index (χ0v) is 26.4. The molecule has 0 atom stereocenters. The van der Waals surface area contributed by atoms with Gasteiger partial charge in [0, 0.05) is 60.7 Å². The van der Waals surface area contributed by atoms with Gasteiger partial charge in [-0.25, -0.2) is 4.79 Å². The Morgan fingerprint density at radius 3 is 2.59 bits per heavy atom. The van der Waals surface area contributed by atoms with E-state index in [4.69, 9.17) is 18.9 Å². The van der Waals surface area contributed by atoms with Gasteiger partial charge in [-0.2, -0.15) is 0 Å². The smallest absolute Gasteiger partial charge is 0.333 e. The molecular formula is C34H43N3O6S. The quantitative estimate of drug-likeness (QED) is 0.112. The number of carbonyl (C=O) groups is 1. The number of ether oxygens (including phenoxy) is 4. The van der Waals surface area contributed by atoms with Crippen molar-refractivity contribution in [1.29, 1.82) is 0 Å². The highest BCUT2D eigenvalue weighted by Gasteiger charge is 2.18. The molecule has 44 heavy (non-hydrogen) atoms. The van der Waals surface area contributed by atoms with Crippen molar-refractivity contribution >= 4 is 44.0 Å². The van der Waals surface area contributed by atoms with Crippen LogP contribution in [0.1, 0.15) is 32.6 Å². The number of benzene rings is 2. The molecule has 9 nitrogen and oxygen atoms in total. The Morgan fingerprint density at radius 1 is 0.886 bits per heavy atom. The Kier molecular flexibility index (Phi) is 12.0. The lowest BCUT2D eigenvalue weighted by Gasteiger charge is -2.36. The second-order valence-electron chi connectivity index (χ2n) is 11.0. The summed E-state index contributed by atoms with van der Waals surface area (Å²) in [5, 5.41) is 4.40. The van der Waals surface area contributed by atoms with Gasteiger partial charge in [0.15, 0.2) is 6.73 Å². The predicted octanol–water partition coefficient (Wildman–Crippen LogP) is 5.53. The molecule has 2 aromatic carbocycles. The minimum atomic E-state index is -0.531. The molecule has 3 heterocycles. The van der Waals surface area contributed by atoms with Gasteiger partial charge in [-0.1, -0.05) is 19.4 Å². The number of esters is 1. The number of rotatable bonds is 17. The standard InChI is InChI=1S/C34H43N3O6S/c1-2-3-19-40-21-22-41-25-34(39)43-26-37-31-24-28(11-9-27(31)10-12-33(37)38)42-20-5-4-14-35-15-17-36(18-16-35)30-7-6-8-32-29(30)13-23-44-32/h6-13,23-24H,2-5,14-22,25-26H2,1H3. The lowest BCUT2D eigenvalue weighted by atomic mass is 10.2. The van der Waals surface area contributed by atoms with E-state index in [2.05, 4.69) is 46.4 Å². The molecule has 1 saturated heterocycles. The summed E-state index contributed by atoms with van der Waals surface area (Å²) < 4.78 is 24.9. The van der Waals surface area contributed by atoms with Gasteiger partial charge in [0.25, 0.3) is 5.56 Å². The Balaban J connectivity index is 1.03. The van der Waals surface area contributed by atoms with Gasteiger partial charge < -0.3 is 23.8 Å². The van der Waals surface area contributed by atoms with Crippen LogP contribution in [0.25, 0.3) is 21.0 Å². The average Bonchev–Trinajstić information content (AvgIpc) is 3.53. The van der Waals surface area contributed by atoms with E-state index >= 15 is 0 Å². The van der Waals surface area contributed by atoms with E-state index in [1.54, 1.807) is 17.4 Å². The van der Waals surface area contributed by atoms with E-state index in [0.717, 1.165) is 63.8 Å². The number of fused-ring (bicyclic) bond motifs is 2. The van der Waals surface area contributed by atoms with Crippen LogP contribution in [0.3, 0.4) is 0 Å². The van der Waals surface area contributed by atoms with Crippen LogP contribution in [0.2, 0.25) is 0 Å². The van der Waals surface area contributed by atoms with Crippen molar-refractivity contribution in [2.75, 3.05) is 70.7 Å². The van der Waals surface area contributed by atoms with Crippen molar-refractivity contribution < 1.29 is 23.7 Å². The number of thiophene rings is 1. The monoisotopic (exact) mass is 621 g/mol. The molecular weight excluding hydrogens is 578 g/mol. The summed E-state index contributed by atoms with van der Waals surface area (Å²) in [7, 11) is 0. The number of piperazine rings is 1. The number of carbonyl (C=O) groups excluding carboxylic acids is 1. The third-order valence-electron chi connectivity index (χ3n) is 7.88. The molecule has 0 aliphatic carbocycles. The average molecular weight is 622 g/mol. The Bertz CT molecular complexity index is 1550. The molecule has 0 spiro atoms. The van der Waals surface area contributed by atoms with Crippen molar-refractivity contribution in [2.45, 2.75) is 39.3 Å². The number of pyridine rings is 1.